The van der Waals surface area contributed by atoms with Crippen molar-refractivity contribution >= 4 is 0 Å². The normalized spacial score (nSPS) is 10.4. The van der Waals surface area contributed by atoms with Crippen molar-refractivity contribution in [2.75, 3.05) is 6.61 Å². The molecule has 0 fully saturated rings. The summed E-state index contributed by atoms with van der Waals surface area (Å²) in [6, 6.07) is 5.12. The van der Waals surface area contributed by atoms with Crippen LogP contribution in [-0.4, -0.2) is 21.6 Å². The lowest BCUT2D eigenvalue weighted by molar-refractivity contribution is 0.128. The van der Waals surface area contributed by atoms with Crippen LogP contribution in [0.2, 0.25) is 0 Å². The summed E-state index contributed by atoms with van der Waals surface area (Å²) < 4.78 is 5.22. The highest BCUT2D eigenvalue weighted by Gasteiger charge is 2.03. The van der Waals surface area contributed by atoms with Crippen LogP contribution in [0.5, 0.6) is 0 Å². The number of pyridine rings is 1. The van der Waals surface area contributed by atoms with Crippen molar-refractivity contribution in [2.24, 2.45) is 0 Å². The standard InChI is InChI=1S/C12H13N3O2/c1-2-17-8-11-14-10(6-12(16)15-11)9-4-3-5-13-7-9/h3-7H,2,8H2,1H3,(H,14,15,16). The molecule has 0 aromatic carbocycles. The predicted octanol–water partition coefficient (Wildman–Crippen LogP) is 1.37. The Morgan fingerprint density at radius 2 is 2.35 bits per heavy atom. The van der Waals surface area contributed by atoms with Gasteiger partial charge in [-0.1, -0.05) is 0 Å². The summed E-state index contributed by atoms with van der Waals surface area (Å²) in [6.45, 7) is 2.78. The highest BCUT2D eigenvalue weighted by atomic mass is 16.5. The van der Waals surface area contributed by atoms with E-state index in [-0.39, 0.29) is 5.56 Å². The second-order valence-corrected chi connectivity index (χ2v) is 3.46. The van der Waals surface area contributed by atoms with Crippen molar-refractivity contribution in [2.45, 2.75) is 13.5 Å². The number of ether oxygens (including phenoxy) is 1. The minimum absolute atomic E-state index is 0.187. The molecule has 5 heteroatoms. The van der Waals surface area contributed by atoms with Crippen LogP contribution in [-0.2, 0) is 11.3 Å². The molecule has 0 aliphatic rings. The van der Waals surface area contributed by atoms with Crippen LogP contribution in [0.3, 0.4) is 0 Å². The van der Waals surface area contributed by atoms with Crippen LogP contribution in [0.25, 0.3) is 11.3 Å². The van der Waals surface area contributed by atoms with Crippen LogP contribution >= 0.6 is 0 Å². The van der Waals surface area contributed by atoms with E-state index in [0.29, 0.717) is 24.7 Å². The zero-order chi connectivity index (χ0) is 12.1. The second kappa shape index (κ2) is 5.36. The zero-order valence-electron chi connectivity index (χ0n) is 9.51. The van der Waals surface area contributed by atoms with E-state index in [4.69, 9.17) is 4.74 Å². The average Bonchev–Trinajstić information content (AvgIpc) is 2.37. The Morgan fingerprint density at radius 3 is 3.06 bits per heavy atom. The molecule has 2 aromatic rings. The van der Waals surface area contributed by atoms with Gasteiger partial charge in [-0.05, 0) is 19.1 Å². The Morgan fingerprint density at radius 1 is 1.47 bits per heavy atom. The lowest BCUT2D eigenvalue weighted by atomic mass is 10.2. The van der Waals surface area contributed by atoms with Gasteiger partial charge in [-0.15, -0.1) is 0 Å². The molecule has 0 radical (unpaired) electrons. The monoisotopic (exact) mass is 231 g/mol. The molecule has 0 spiro atoms. The first kappa shape index (κ1) is 11.5. The van der Waals surface area contributed by atoms with E-state index in [1.165, 1.54) is 6.07 Å². The summed E-state index contributed by atoms with van der Waals surface area (Å²) in [5.74, 6) is 0.526. The Balaban J connectivity index is 2.35. The van der Waals surface area contributed by atoms with Crippen molar-refractivity contribution in [1.29, 1.82) is 0 Å². The van der Waals surface area contributed by atoms with Crippen molar-refractivity contribution in [3.63, 3.8) is 0 Å². The number of hydrogen-bond donors (Lipinski definition) is 1. The molecule has 17 heavy (non-hydrogen) atoms. The Labute approximate surface area is 98.5 Å². The van der Waals surface area contributed by atoms with Gasteiger partial charge in [0, 0.05) is 30.6 Å². The molecule has 0 aliphatic carbocycles. The Kier molecular flexibility index (Phi) is 3.62. The lowest BCUT2D eigenvalue weighted by Gasteiger charge is -2.04. The zero-order valence-corrected chi connectivity index (χ0v) is 9.51. The van der Waals surface area contributed by atoms with Gasteiger partial charge in [0.25, 0.3) is 5.56 Å². The molecule has 2 rings (SSSR count). The molecular weight excluding hydrogens is 218 g/mol. The van der Waals surface area contributed by atoms with Gasteiger partial charge >= 0.3 is 0 Å². The fourth-order valence-corrected chi connectivity index (χ4v) is 1.44. The fraction of sp³-hybridized carbons (Fsp3) is 0.250. The van der Waals surface area contributed by atoms with E-state index in [1.807, 2.05) is 13.0 Å². The molecule has 5 nitrogen and oxygen atoms in total. The van der Waals surface area contributed by atoms with Gasteiger partial charge in [0.05, 0.1) is 5.69 Å². The van der Waals surface area contributed by atoms with E-state index in [2.05, 4.69) is 15.0 Å². The van der Waals surface area contributed by atoms with Crippen LogP contribution in [0.15, 0.2) is 35.4 Å². The van der Waals surface area contributed by atoms with Crippen molar-refractivity contribution in [3.8, 4) is 11.3 Å². The van der Waals surface area contributed by atoms with Crippen molar-refractivity contribution in [1.82, 2.24) is 15.0 Å². The largest absolute Gasteiger partial charge is 0.374 e. The number of aromatic amines is 1. The molecule has 2 heterocycles. The summed E-state index contributed by atoms with van der Waals surface area (Å²) >= 11 is 0. The maximum Gasteiger partial charge on any atom is 0.251 e. The third kappa shape index (κ3) is 2.98. The van der Waals surface area contributed by atoms with Crippen LogP contribution < -0.4 is 5.56 Å². The smallest absolute Gasteiger partial charge is 0.251 e. The maximum absolute atomic E-state index is 11.5. The summed E-state index contributed by atoms with van der Waals surface area (Å²) in [5, 5.41) is 0. The lowest BCUT2D eigenvalue weighted by Crippen LogP contribution is -2.12. The average molecular weight is 231 g/mol. The number of nitrogens with zero attached hydrogens (tertiary/aromatic N) is 2. The topological polar surface area (TPSA) is 67.9 Å². The van der Waals surface area contributed by atoms with Gasteiger partial charge < -0.3 is 9.72 Å². The third-order valence-electron chi connectivity index (χ3n) is 2.19. The van der Waals surface area contributed by atoms with Crippen molar-refractivity contribution in [3.05, 3.63) is 46.8 Å². The Bertz CT molecular complexity index is 537. The highest BCUT2D eigenvalue weighted by molar-refractivity contribution is 5.56. The highest BCUT2D eigenvalue weighted by Crippen LogP contribution is 2.12. The number of aromatic nitrogens is 3. The minimum Gasteiger partial charge on any atom is -0.374 e. The van der Waals surface area contributed by atoms with Crippen LogP contribution in [0.1, 0.15) is 12.7 Å². The number of H-pyrrole nitrogens is 1. The van der Waals surface area contributed by atoms with E-state index >= 15 is 0 Å². The summed E-state index contributed by atoms with van der Waals surface area (Å²) in [6.07, 6.45) is 3.35. The minimum atomic E-state index is -0.187. The first-order chi connectivity index (χ1) is 8.29. The molecule has 0 saturated heterocycles. The number of rotatable bonds is 4. The molecule has 0 bridgehead atoms. The molecular formula is C12H13N3O2. The van der Waals surface area contributed by atoms with Gasteiger partial charge in [0.2, 0.25) is 0 Å². The van der Waals surface area contributed by atoms with Gasteiger partial charge in [-0.25, -0.2) is 4.98 Å². The molecule has 0 amide bonds. The van der Waals surface area contributed by atoms with Gasteiger partial charge in [0.15, 0.2) is 0 Å². The molecule has 2 aromatic heterocycles. The SMILES string of the molecule is CCOCc1nc(-c2cccnc2)cc(=O)[nH]1. The van der Waals surface area contributed by atoms with Crippen LogP contribution in [0.4, 0.5) is 0 Å². The van der Waals surface area contributed by atoms with E-state index < -0.39 is 0 Å². The quantitative estimate of drug-likeness (QED) is 0.862. The van der Waals surface area contributed by atoms with Crippen LogP contribution in [0, 0.1) is 0 Å². The first-order valence-corrected chi connectivity index (χ1v) is 5.38. The molecule has 88 valence electrons. The van der Waals surface area contributed by atoms with Gasteiger partial charge in [-0.2, -0.15) is 0 Å². The summed E-state index contributed by atoms with van der Waals surface area (Å²) in [7, 11) is 0. The molecule has 1 N–H and O–H groups in total. The predicted molar refractivity (Wildman–Crippen MR) is 63.4 cm³/mol. The second-order valence-electron chi connectivity index (χ2n) is 3.46. The van der Waals surface area contributed by atoms with Crippen molar-refractivity contribution < 1.29 is 4.74 Å². The molecule has 0 unspecified atom stereocenters. The third-order valence-corrected chi connectivity index (χ3v) is 2.19. The summed E-state index contributed by atoms with van der Waals surface area (Å²) in [5.41, 5.74) is 1.24. The van der Waals surface area contributed by atoms with E-state index in [1.54, 1.807) is 18.5 Å². The van der Waals surface area contributed by atoms with E-state index in [0.717, 1.165) is 5.56 Å². The molecule has 0 saturated carbocycles. The first-order valence-electron chi connectivity index (χ1n) is 5.38. The molecule has 0 atom stereocenters. The van der Waals surface area contributed by atoms with E-state index in [9.17, 15) is 4.79 Å². The number of nitrogens with one attached hydrogen (secondary N) is 1. The number of hydrogen-bond acceptors (Lipinski definition) is 4. The summed E-state index contributed by atoms with van der Waals surface area (Å²) in [4.78, 5) is 22.4. The Hall–Kier alpha value is -2.01. The maximum atomic E-state index is 11.5. The fourth-order valence-electron chi connectivity index (χ4n) is 1.44. The van der Waals surface area contributed by atoms with Gasteiger partial charge in [-0.3, -0.25) is 9.78 Å². The van der Waals surface area contributed by atoms with Gasteiger partial charge in [0.1, 0.15) is 12.4 Å². The molecule has 0 aliphatic heterocycles.